The fourth-order valence-electron chi connectivity index (χ4n) is 1.78. The van der Waals surface area contributed by atoms with E-state index in [0.29, 0.717) is 22.1 Å². The fraction of sp³-hybridized carbons (Fsp3) is 0.231. The molecule has 2 aromatic rings. The van der Waals surface area contributed by atoms with Gasteiger partial charge in [0.25, 0.3) is 0 Å². The summed E-state index contributed by atoms with van der Waals surface area (Å²) in [5.74, 6) is 0.962. The Bertz CT molecular complexity index is 585. The van der Waals surface area contributed by atoms with Gasteiger partial charge in [0.2, 0.25) is 0 Å². The molecule has 2 rings (SSSR count). The summed E-state index contributed by atoms with van der Waals surface area (Å²) in [6.45, 7) is 0. The number of hydrogen-bond acceptors (Lipinski definition) is 4. The Morgan fingerprint density at radius 1 is 1.32 bits per heavy atom. The highest BCUT2D eigenvalue weighted by molar-refractivity contribution is 14.1. The van der Waals surface area contributed by atoms with E-state index in [1.807, 2.05) is 11.4 Å². The first kappa shape index (κ1) is 14.9. The van der Waals surface area contributed by atoms with Crippen molar-refractivity contribution in [1.29, 1.82) is 0 Å². The Labute approximate surface area is 134 Å². The van der Waals surface area contributed by atoms with E-state index >= 15 is 0 Å². The molecule has 19 heavy (non-hydrogen) atoms. The lowest BCUT2D eigenvalue weighted by atomic mass is 10.0. The lowest BCUT2D eigenvalue weighted by Gasteiger charge is -2.16. The van der Waals surface area contributed by atoms with Crippen molar-refractivity contribution in [1.82, 2.24) is 0 Å². The molecule has 102 valence electrons. The molecule has 0 saturated heterocycles. The normalized spacial score (nSPS) is 12.3. The van der Waals surface area contributed by atoms with Gasteiger partial charge >= 0.3 is 0 Å². The number of benzene rings is 1. The average molecular weight is 411 g/mol. The number of thiophene rings is 1. The third-order valence-corrected chi connectivity index (χ3v) is 4.88. The molecule has 1 aromatic heterocycles. The number of rotatable bonds is 4. The first-order chi connectivity index (χ1) is 9.08. The Morgan fingerprint density at radius 2 is 2.05 bits per heavy atom. The number of aliphatic hydroxyl groups excluding tert-OH is 1. The van der Waals surface area contributed by atoms with Gasteiger partial charge in [-0.25, -0.2) is 0 Å². The van der Waals surface area contributed by atoms with Gasteiger partial charge in [0.1, 0.15) is 22.6 Å². The predicted molar refractivity (Wildman–Crippen MR) is 85.7 cm³/mol. The quantitative estimate of drug-likeness (QED) is 0.771. The first-order valence-corrected chi connectivity index (χ1v) is 7.74. The van der Waals surface area contributed by atoms with E-state index in [-0.39, 0.29) is 0 Å². The van der Waals surface area contributed by atoms with Gasteiger partial charge in [0.05, 0.1) is 17.1 Å². The van der Waals surface area contributed by atoms with E-state index in [1.54, 1.807) is 23.5 Å². The van der Waals surface area contributed by atoms with Gasteiger partial charge in [0.15, 0.2) is 0 Å². The molecule has 1 aromatic carbocycles. The van der Waals surface area contributed by atoms with Crippen LogP contribution in [0.15, 0.2) is 23.6 Å². The molecule has 0 fully saturated rings. The van der Waals surface area contributed by atoms with Gasteiger partial charge in [-0.15, -0.1) is 11.3 Å². The number of aliphatic hydroxyl groups is 1. The van der Waals surface area contributed by atoms with Crippen LogP contribution in [-0.2, 0) is 0 Å². The van der Waals surface area contributed by atoms with Crippen molar-refractivity contribution < 1.29 is 14.6 Å². The van der Waals surface area contributed by atoms with Crippen LogP contribution in [0.25, 0.3) is 0 Å². The highest BCUT2D eigenvalue weighted by atomic mass is 127. The molecule has 0 radical (unpaired) electrons. The lowest BCUT2D eigenvalue weighted by Crippen LogP contribution is -2.02. The second-order valence-electron chi connectivity index (χ2n) is 3.79. The van der Waals surface area contributed by atoms with Crippen molar-refractivity contribution in [3.05, 3.63) is 42.6 Å². The topological polar surface area (TPSA) is 38.7 Å². The zero-order valence-electron chi connectivity index (χ0n) is 10.3. The highest BCUT2D eigenvalue weighted by Gasteiger charge is 2.21. The third-order valence-electron chi connectivity index (χ3n) is 2.71. The van der Waals surface area contributed by atoms with Crippen molar-refractivity contribution in [2.75, 3.05) is 14.2 Å². The van der Waals surface area contributed by atoms with E-state index in [0.717, 1.165) is 8.45 Å². The Balaban J connectivity index is 2.47. The number of halogens is 2. The second-order valence-corrected chi connectivity index (χ2v) is 6.97. The standard InChI is InChI=1S/C13H12ClIO3S/c1-17-9-4-3-8(13(18-2)11(9)14)12(16)7-5-10(15)19-6-7/h3-6,12,16H,1-2H3. The molecule has 0 aliphatic carbocycles. The molecule has 1 atom stereocenters. The van der Waals surface area contributed by atoms with Crippen molar-refractivity contribution in [2.24, 2.45) is 0 Å². The number of ether oxygens (including phenoxy) is 2. The molecule has 1 N–H and O–H groups in total. The van der Waals surface area contributed by atoms with Crippen LogP contribution in [0.1, 0.15) is 17.2 Å². The van der Waals surface area contributed by atoms with Gasteiger partial charge in [-0.3, -0.25) is 0 Å². The Hall–Kier alpha value is -0.500. The van der Waals surface area contributed by atoms with Crippen molar-refractivity contribution >= 4 is 45.5 Å². The van der Waals surface area contributed by atoms with Gasteiger partial charge in [-0.1, -0.05) is 11.6 Å². The number of methoxy groups -OCH3 is 2. The van der Waals surface area contributed by atoms with Crippen LogP contribution in [0.4, 0.5) is 0 Å². The van der Waals surface area contributed by atoms with E-state index in [1.165, 1.54) is 14.2 Å². The molecule has 0 amide bonds. The summed E-state index contributed by atoms with van der Waals surface area (Å²) in [6, 6.07) is 5.42. The van der Waals surface area contributed by atoms with E-state index in [4.69, 9.17) is 21.1 Å². The Kier molecular flexibility index (Phi) is 4.94. The zero-order valence-corrected chi connectivity index (χ0v) is 14.0. The van der Waals surface area contributed by atoms with Crippen LogP contribution in [0.3, 0.4) is 0 Å². The molecule has 1 unspecified atom stereocenters. The molecular formula is C13H12ClIO3S. The number of hydrogen-bond donors (Lipinski definition) is 1. The first-order valence-electron chi connectivity index (χ1n) is 5.40. The fourth-order valence-corrected chi connectivity index (χ4v) is 3.50. The average Bonchev–Trinajstić information content (AvgIpc) is 2.84. The molecular weight excluding hydrogens is 399 g/mol. The van der Waals surface area contributed by atoms with Crippen molar-refractivity contribution in [3.8, 4) is 11.5 Å². The summed E-state index contributed by atoms with van der Waals surface area (Å²) in [6.07, 6.45) is -0.766. The molecule has 1 heterocycles. The van der Waals surface area contributed by atoms with E-state index in [2.05, 4.69) is 22.6 Å². The molecule has 0 bridgehead atoms. The summed E-state index contributed by atoms with van der Waals surface area (Å²) in [7, 11) is 3.06. The SMILES string of the molecule is COc1ccc(C(O)c2csc(I)c2)c(OC)c1Cl. The maximum absolute atomic E-state index is 10.4. The Morgan fingerprint density at radius 3 is 2.58 bits per heavy atom. The summed E-state index contributed by atoms with van der Waals surface area (Å²) in [4.78, 5) is 0. The monoisotopic (exact) mass is 410 g/mol. The van der Waals surface area contributed by atoms with Gasteiger partial charge < -0.3 is 14.6 Å². The van der Waals surface area contributed by atoms with Crippen LogP contribution in [-0.4, -0.2) is 19.3 Å². The summed E-state index contributed by atoms with van der Waals surface area (Å²) >= 11 is 9.99. The smallest absolute Gasteiger partial charge is 0.147 e. The minimum absolute atomic E-state index is 0.367. The van der Waals surface area contributed by atoms with E-state index < -0.39 is 6.10 Å². The van der Waals surface area contributed by atoms with Crippen molar-refractivity contribution in [2.45, 2.75) is 6.10 Å². The van der Waals surface area contributed by atoms with Gasteiger partial charge in [-0.05, 0) is 51.7 Å². The van der Waals surface area contributed by atoms with Crippen LogP contribution >= 0.6 is 45.5 Å². The molecule has 6 heteroatoms. The summed E-state index contributed by atoms with van der Waals surface area (Å²) in [5.41, 5.74) is 1.46. The minimum Gasteiger partial charge on any atom is -0.495 e. The van der Waals surface area contributed by atoms with Gasteiger partial charge in [-0.2, -0.15) is 0 Å². The molecule has 0 saturated carbocycles. The largest absolute Gasteiger partial charge is 0.495 e. The predicted octanol–water partition coefficient (Wildman–Crippen LogP) is 4.11. The molecule has 0 spiro atoms. The van der Waals surface area contributed by atoms with Crippen LogP contribution < -0.4 is 9.47 Å². The molecule has 3 nitrogen and oxygen atoms in total. The van der Waals surface area contributed by atoms with Crippen LogP contribution in [0, 0.1) is 2.88 Å². The zero-order chi connectivity index (χ0) is 14.0. The molecule has 0 aliphatic heterocycles. The summed E-state index contributed by atoms with van der Waals surface area (Å²) < 4.78 is 11.6. The van der Waals surface area contributed by atoms with Gasteiger partial charge in [0, 0.05) is 5.56 Å². The molecule has 0 aliphatic rings. The maximum atomic E-state index is 10.4. The lowest BCUT2D eigenvalue weighted by molar-refractivity contribution is 0.215. The maximum Gasteiger partial charge on any atom is 0.147 e. The second kappa shape index (κ2) is 6.30. The third kappa shape index (κ3) is 2.99. The highest BCUT2D eigenvalue weighted by Crippen LogP contribution is 2.41. The van der Waals surface area contributed by atoms with Crippen molar-refractivity contribution in [3.63, 3.8) is 0 Å². The minimum atomic E-state index is -0.766. The van der Waals surface area contributed by atoms with Crippen LogP contribution in [0.2, 0.25) is 5.02 Å². The summed E-state index contributed by atoms with van der Waals surface area (Å²) in [5, 5.41) is 12.7. The van der Waals surface area contributed by atoms with Crippen LogP contribution in [0.5, 0.6) is 11.5 Å². The van der Waals surface area contributed by atoms with E-state index in [9.17, 15) is 5.11 Å².